The first-order valence-corrected chi connectivity index (χ1v) is 5.78. The monoisotopic (exact) mass is 208 g/mol. The maximum absolute atomic E-state index is 11.8. The summed E-state index contributed by atoms with van der Waals surface area (Å²) < 4.78 is 0. The van der Waals surface area contributed by atoms with Gasteiger partial charge in [-0.3, -0.25) is 9.59 Å². The van der Waals surface area contributed by atoms with E-state index in [1.807, 2.05) is 0 Å². The predicted octanol–water partition coefficient (Wildman–Crippen LogP) is 1.86. The van der Waals surface area contributed by atoms with Crippen LogP contribution in [0.15, 0.2) is 0 Å². The lowest BCUT2D eigenvalue weighted by Gasteiger charge is -2.43. The molecule has 0 aromatic rings. The molecule has 0 aromatic carbocycles. The van der Waals surface area contributed by atoms with Crippen molar-refractivity contribution >= 4 is 11.8 Å². The van der Waals surface area contributed by atoms with E-state index in [0.29, 0.717) is 18.8 Å². The Morgan fingerprint density at radius 1 is 1.47 bits per heavy atom. The molecule has 3 nitrogen and oxygen atoms in total. The Morgan fingerprint density at radius 3 is 2.87 bits per heavy atom. The molecule has 0 spiro atoms. The average Bonchev–Trinajstić information content (AvgIpc) is 2.72. The Balaban J connectivity index is 2.17. The third-order valence-corrected chi connectivity index (χ3v) is 5.52. The zero-order valence-corrected chi connectivity index (χ0v) is 8.95. The molecule has 3 aliphatic carbocycles. The third-order valence-electron chi connectivity index (χ3n) is 5.52. The standard InChI is InChI=1S/C12H16O3/c1-11-3-2-4-12(11,10(14)15)8-5-7(11)6-9(8)13/h7-8H,2-6H2,1H3,(H,14,15)/t7-,8+,11-,12+/m1/s1. The SMILES string of the molecule is C[C@]12CCC[C@@]1(C(=O)O)[C@H]1C[C@@H]2CC1=O. The molecule has 3 rings (SSSR count). The maximum atomic E-state index is 11.8. The molecule has 15 heavy (non-hydrogen) atoms. The van der Waals surface area contributed by atoms with Crippen molar-refractivity contribution in [2.24, 2.45) is 22.7 Å². The molecule has 82 valence electrons. The molecule has 0 radical (unpaired) electrons. The predicted molar refractivity (Wildman–Crippen MR) is 53.2 cm³/mol. The van der Waals surface area contributed by atoms with E-state index in [4.69, 9.17) is 0 Å². The zero-order chi connectivity index (χ0) is 10.8. The summed E-state index contributed by atoms with van der Waals surface area (Å²) in [6.45, 7) is 2.10. The van der Waals surface area contributed by atoms with Gasteiger partial charge in [0.1, 0.15) is 5.78 Å². The lowest BCUT2D eigenvalue weighted by Crippen LogP contribution is -2.49. The van der Waals surface area contributed by atoms with E-state index in [1.54, 1.807) is 0 Å². The molecule has 2 bridgehead atoms. The van der Waals surface area contributed by atoms with Gasteiger partial charge in [0.25, 0.3) is 0 Å². The number of Topliss-reactive ketones (excluding diaryl/α,β-unsaturated/α-hetero) is 1. The van der Waals surface area contributed by atoms with Crippen LogP contribution in [0.25, 0.3) is 0 Å². The Labute approximate surface area is 88.9 Å². The molecule has 3 saturated carbocycles. The maximum Gasteiger partial charge on any atom is 0.310 e. The molecular formula is C12H16O3. The van der Waals surface area contributed by atoms with Crippen molar-refractivity contribution in [1.82, 2.24) is 0 Å². The first-order chi connectivity index (χ1) is 7.02. The van der Waals surface area contributed by atoms with E-state index >= 15 is 0 Å². The van der Waals surface area contributed by atoms with Gasteiger partial charge in [-0.05, 0) is 30.6 Å². The molecule has 1 N–H and O–H groups in total. The summed E-state index contributed by atoms with van der Waals surface area (Å²) in [4.78, 5) is 23.4. The zero-order valence-electron chi connectivity index (χ0n) is 8.95. The minimum absolute atomic E-state index is 0.0998. The number of ketones is 1. The van der Waals surface area contributed by atoms with Gasteiger partial charge in [-0.2, -0.15) is 0 Å². The first kappa shape index (κ1) is 9.37. The Hall–Kier alpha value is -0.860. The Bertz CT molecular complexity index is 362. The van der Waals surface area contributed by atoms with Crippen LogP contribution >= 0.6 is 0 Å². The Morgan fingerprint density at radius 2 is 2.20 bits per heavy atom. The van der Waals surface area contributed by atoms with Gasteiger partial charge in [-0.1, -0.05) is 13.3 Å². The van der Waals surface area contributed by atoms with E-state index in [-0.39, 0.29) is 17.1 Å². The molecule has 0 heterocycles. The van der Waals surface area contributed by atoms with Crippen molar-refractivity contribution in [3.63, 3.8) is 0 Å². The summed E-state index contributed by atoms with van der Waals surface area (Å²) in [7, 11) is 0. The number of carbonyl (C=O) groups is 2. The molecule has 4 atom stereocenters. The normalized spacial score (nSPS) is 52.2. The van der Waals surface area contributed by atoms with Crippen LogP contribution in [0.2, 0.25) is 0 Å². The summed E-state index contributed by atoms with van der Waals surface area (Å²) in [6.07, 6.45) is 4.15. The molecule has 3 heteroatoms. The number of carbonyl (C=O) groups excluding carboxylic acids is 1. The number of hydrogen-bond acceptors (Lipinski definition) is 2. The molecule has 0 aliphatic heterocycles. The number of hydrogen-bond donors (Lipinski definition) is 1. The molecule has 3 aliphatic rings. The van der Waals surface area contributed by atoms with E-state index in [1.165, 1.54) is 0 Å². The molecule has 0 saturated heterocycles. The quantitative estimate of drug-likeness (QED) is 0.715. The number of aliphatic carboxylic acids is 1. The lowest BCUT2D eigenvalue weighted by molar-refractivity contribution is -0.164. The first-order valence-electron chi connectivity index (χ1n) is 5.78. The van der Waals surface area contributed by atoms with Crippen molar-refractivity contribution < 1.29 is 14.7 Å². The molecule has 0 unspecified atom stereocenters. The van der Waals surface area contributed by atoms with Gasteiger partial charge in [0.2, 0.25) is 0 Å². The highest BCUT2D eigenvalue weighted by molar-refractivity contribution is 5.93. The molecule has 0 aromatic heterocycles. The van der Waals surface area contributed by atoms with Crippen LogP contribution in [0.3, 0.4) is 0 Å². The van der Waals surface area contributed by atoms with E-state index in [9.17, 15) is 14.7 Å². The van der Waals surface area contributed by atoms with Crippen LogP contribution < -0.4 is 0 Å². The summed E-state index contributed by atoms with van der Waals surface area (Å²) in [5.74, 6) is -0.342. The van der Waals surface area contributed by atoms with E-state index in [0.717, 1.165) is 19.3 Å². The third kappa shape index (κ3) is 0.766. The van der Waals surface area contributed by atoms with Gasteiger partial charge >= 0.3 is 5.97 Å². The highest BCUT2D eigenvalue weighted by Crippen LogP contribution is 2.72. The number of fused-ring (bicyclic) bond motifs is 5. The number of carboxylic acids is 1. The second-order valence-corrected chi connectivity index (χ2v) is 5.70. The van der Waals surface area contributed by atoms with Crippen molar-refractivity contribution in [2.45, 2.75) is 39.0 Å². The van der Waals surface area contributed by atoms with Gasteiger partial charge in [0.05, 0.1) is 5.41 Å². The van der Waals surface area contributed by atoms with Crippen LogP contribution in [-0.4, -0.2) is 16.9 Å². The summed E-state index contributed by atoms with van der Waals surface area (Å²) in [5, 5.41) is 9.53. The van der Waals surface area contributed by atoms with E-state index in [2.05, 4.69) is 6.92 Å². The van der Waals surface area contributed by atoms with E-state index < -0.39 is 11.4 Å². The van der Waals surface area contributed by atoms with Crippen LogP contribution in [0.5, 0.6) is 0 Å². The number of rotatable bonds is 1. The second-order valence-electron chi connectivity index (χ2n) is 5.70. The van der Waals surface area contributed by atoms with Crippen LogP contribution in [-0.2, 0) is 9.59 Å². The average molecular weight is 208 g/mol. The van der Waals surface area contributed by atoms with Gasteiger partial charge in [0.15, 0.2) is 0 Å². The lowest BCUT2D eigenvalue weighted by atomic mass is 9.58. The summed E-state index contributed by atoms with van der Waals surface area (Å²) in [6, 6.07) is 0. The summed E-state index contributed by atoms with van der Waals surface area (Å²) in [5.41, 5.74) is -0.801. The van der Waals surface area contributed by atoms with Gasteiger partial charge in [-0.15, -0.1) is 0 Å². The van der Waals surface area contributed by atoms with Crippen molar-refractivity contribution in [2.75, 3.05) is 0 Å². The fourth-order valence-electron chi connectivity index (χ4n) is 4.73. The number of carboxylic acid groups (broad SMARTS) is 1. The van der Waals surface area contributed by atoms with Crippen LogP contribution in [0.4, 0.5) is 0 Å². The van der Waals surface area contributed by atoms with Crippen LogP contribution in [0.1, 0.15) is 39.0 Å². The van der Waals surface area contributed by atoms with Crippen molar-refractivity contribution in [3.05, 3.63) is 0 Å². The topological polar surface area (TPSA) is 54.4 Å². The van der Waals surface area contributed by atoms with Crippen molar-refractivity contribution in [1.29, 1.82) is 0 Å². The highest BCUT2D eigenvalue weighted by atomic mass is 16.4. The fraction of sp³-hybridized carbons (Fsp3) is 0.833. The molecular weight excluding hydrogens is 192 g/mol. The summed E-state index contributed by atoms with van der Waals surface area (Å²) >= 11 is 0. The smallest absolute Gasteiger partial charge is 0.310 e. The molecule has 0 amide bonds. The van der Waals surface area contributed by atoms with Gasteiger partial charge in [-0.25, -0.2) is 0 Å². The van der Waals surface area contributed by atoms with Crippen molar-refractivity contribution in [3.8, 4) is 0 Å². The molecule has 3 fully saturated rings. The highest BCUT2D eigenvalue weighted by Gasteiger charge is 2.73. The minimum atomic E-state index is -0.719. The second kappa shape index (κ2) is 2.45. The fourth-order valence-corrected chi connectivity index (χ4v) is 4.73. The van der Waals surface area contributed by atoms with Gasteiger partial charge < -0.3 is 5.11 Å². The Kier molecular flexibility index (Phi) is 1.53. The largest absolute Gasteiger partial charge is 0.481 e. The van der Waals surface area contributed by atoms with Gasteiger partial charge in [0, 0.05) is 12.3 Å². The minimum Gasteiger partial charge on any atom is -0.481 e. The van der Waals surface area contributed by atoms with Crippen LogP contribution in [0, 0.1) is 22.7 Å².